The van der Waals surface area contributed by atoms with Gasteiger partial charge < -0.3 is 10.2 Å². The quantitative estimate of drug-likeness (QED) is 0.842. The van der Waals surface area contributed by atoms with E-state index in [2.05, 4.69) is 15.3 Å². The average Bonchev–Trinajstić information content (AvgIpc) is 3.16. The lowest BCUT2D eigenvalue weighted by molar-refractivity contribution is -0.137. The second-order valence-corrected chi connectivity index (χ2v) is 7.98. The molecule has 1 fully saturated rings. The maximum atomic E-state index is 13.0. The molecule has 2 atom stereocenters. The fraction of sp³-hybridized carbons (Fsp3) is 0.500. The summed E-state index contributed by atoms with van der Waals surface area (Å²) in [5.74, 6) is 0.771. The summed E-state index contributed by atoms with van der Waals surface area (Å²) in [4.78, 5) is 7.12. The SMILES string of the molecule is CC1=CC(=NC2Cc3ccc(C(F)(F)F)cc3C2)N2N=CN(C3CCC3)C2N1. The van der Waals surface area contributed by atoms with Gasteiger partial charge >= 0.3 is 6.18 Å². The molecule has 0 amide bonds. The Labute approximate surface area is 161 Å². The van der Waals surface area contributed by atoms with Gasteiger partial charge in [-0.15, -0.1) is 0 Å². The van der Waals surface area contributed by atoms with Crippen LogP contribution >= 0.6 is 0 Å². The molecule has 2 unspecified atom stereocenters. The van der Waals surface area contributed by atoms with E-state index in [9.17, 15) is 13.2 Å². The molecule has 8 heteroatoms. The molecule has 1 saturated carbocycles. The van der Waals surface area contributed by atoms with E-state index < -0.39 is 11.7 Å². The summed E-state index contributed by atoms with van der Waals surface area (Å²) >= 11 is 0. The number of fused-ring (bicyclic) bond motifs is 2. The molecule has 1 aromatic carbocycles. The minimum atomic E-state index is -4.31. The number of benzene rings is 1. The van der Waals surface area contributed by atoms with Gasteiger partial charge in [0.1, 0.15) is 12.2 Å². The van der Waals surface area contributed by atoms with Gasteiger partial charge in [0.2, 0.25) is 6.29 Å². The smallest absolute Gasteiger partial charge is 0.350 e. The van der Waals surface area contributed by atoms with Crippen molar-refractivity contribution in [3.63, 3.8) is 0 Å². The summed E-state index contributed by atoms with van der Waals surface area (Å²) in [5, 5.41) is 9.88. The first-order chi connectivity index (χ1) is 13.4. The number of aliphatic imine (C=N–C) groups is 1. The van der Waals surface area contributed by atoms with Gasteiger partial charge in [-0.1, -0.05) is 6.07 Å². The predicted octanol–water partition coefficient (Wildman–Crippen LogP) is 3.48. The van der Waals surface area contributed by atoms with Crippen LogP contribution in [0.3, 0.4) is 0 Å². The van der Waals surface area contributed by atoms with Crippen LogP contribution < -0.4 is 5.32 Å². The number of hydrogen-bond donors (Lipinski definition) is 1. The second-order valence-electron chi connectivity index (χ2n) is 7.98. The molecule has 0 aromatic heterocycles. The number of amidine groups is 1. The van der Waals surface area contributed by atoms with Crippen LogP contribution in [0.5, 0.6) is 0 Å². The molecule has 5 rings (SSSR count). The van der Waals surface area contributed by atoms with Crippen LogP contribution in [-0.2, 0) is 19.0 Å². The van der Waals surface area contributed by atoms with Gasteiger partial charge in [-0.25, -0.2) is 5.01 Å². The molecule has 0 bridgehead atoms. The Bertz CT molecular complexity index is 884. The van der Waals surface area contributed by atoms with Crippen molar-refractivity contribution in [1.29, 1.82) is 0 Å². The van der Waals surface area contributed by atoms with E-state index in [4.69, 9.17) is 4.99 Å². The van der Waals surface area contributed by atoms with Gasteiger partial charge in [-0.2, -0.15) is 18.3 Å². The van der Waals surface area contributed by atoms with Gasteiger partial charge in [-0.05, 0) is 62.3 Å². The Hall–Kier alpha value is -2.51. The number of hydrogen-bond acceptors (Lipinski definition) is 4. The van der Waals surface area contributed by atoms with Crippen molar-refractivity contribution in [3.8, 4) is 0 Å². The molecule has 0 saturated heterocycles. The van der Waals surface area contributed by atoms with Crippen LogP contribution in [0.15, 0.2) is 40.1 Å². The highest BCUT2D eigenvalue weighted by molar-refractivity contribution is 5.95. The molecule has 148 valence electrons. The number of alkyl halides is 3. The van der Waals surface area contributed by atoms with Gasteiger partial charge in [0.05, 0.1) is 11.6 Å². The Morgan fingerprint density at radius 2 is 1.96 bits per heavy atom. The van der Waals surface area contributed by atoms with Crippen molar-refractivity contribution in [3.05, 3.63) is 46.7 Å². The number of nitrogens with zero attached hydrogens (tertiary/aromatic N) is 4. The van der Waals surface area contributed by atoms with Gasteiger partial charge in [0, 0.05) is 17.8 Å². The zero-order valence-electron chi connectivity index (χ0n) is 15.6. The highest BCUT2D eigenvalue weighted by Gasteiger charge is 2.39. The number of halogens is 3. The molecular formula is C20H22F3N5. The van der Waals surface area contributed by atoms with Gasteiger partial charge in [0.15, 0.2) is 0 Å². The van der Waals surface area contributed by atoms with Gasteiger partial charge in [-0.3, -0.25) is 4.99 Å². The third kappa shape index (κ3) is 2.95. The molecule has 2 aliphatic carbocycles. The van der Waals surface area contributed by atoms with Crippen molar-refractivity contribution < 1.29 is 13.2 Å². The molecule has 1 N–H and O–H groups in total. The van der Waals surface area contributed by atoms with E-state index in [-0.39, 0.29) is 12.3 Å². The van der Waals surface area contributed by atoms with Crippen LogP contribution in [0.2, 0.25) is 0 Å². The molecule has 0 spiro atoms. The Balaban J connectivity index is 1.37. The zero-order chi connectivity index (χ0) is 19.5. The number of rotatable bonds is 2. The molecule has 2 aliphatic heterocycles. The fourth-order valence-electron chi connectivity index (χ4n) is 4.32. The van der Waals surface area contributed by atoms with E-state index >= 15 is 0 Å². The number of hydrazone groups is 1. The number of allylic oxidation sites excluding steroid dienone is 1. The predicted molar refractivity (Wildman–Crippen MR) is 101 cm³/mol. The minimum absolute atomic E-state index is 0.0605. The first-order valence-corrected chi connectivity index (χ1v) is 9.71. The van der Waals surface area contributed by atoms with Crippen LogP contribution in [-0.4, -0.2) is 40.5 Å². The topological polar surface area (TPSA) is 43.2 Å². The van der Waals surface area contributed by atoms with Gasteiger partial charge in [0.25, 0.3) is 0 Å². The standard InChI is InChI=1S/C20H22F3N5/c1-12-7-18(28-19(25-12)27(11-24-28)17-3-2-4-17)26-16-9-13-5-6-15(20(21,22)23)8-14(13)10-16/h5-8,11,16-17,19,25H,2-4,9-10H2,1H3. The fourth-order valence-corrected chi connectivity index (χ4v) is 4.32. The van der Waals surface area contributed by atoms with E-state index in [1.165, 1.54) is 31.4 Å². The van der Waals surface area contributed by atoms with Crippen molar-refractivity contribution in [2.75, 3.05) is 0 Å². The minimum Gasteiger partial charge on any atom is -0.350 e. The monoisotopic (exact) mass is 389 g/mol. The van der Waals surface area contributed by atoms with Crippen LogP contribution in [0.25, 0.3) is 0 Å². The third-order valence-corrected chi connectivity index (χ3v) is 6.02. The summed E-state index contributed by atoms with van der Waals surface area (Å²) in [5.41, 5.74) is 2.13. The van der Waals surface area contributed by atoms with Crippen LogP contribution in [0.4, 0.5) is 13.2 Å². The molecular weight excluding hydrogens is 367 g/mol. The Morgan fingerprint density at radius 3 is 2.68 bits per heavy atom. The highest BCUT2D eigenvalue weighted by Crippen LogP contribution is 2.34. The molecule has 0 radical (unpaired) electrons. The van der Waals surface area contributed by atoms with E-state index in [1.807, 2.05) is 24.3 Å². The maximum Gasteiger partial charge on any atom is 0.416 e. The Kier molecular flexibility index (Phi) is 3.93. The average molecular weight is 389 g/mol. The highest BCUT2D eigenvalue weighted by atomic mass is 19.4. The molecule has 5 nitrogen and oxygen atoms in total. The third-order valence-electron chi connectivity index (χ3n) is 6.02. The summed E-state index contributed by atoms with van der Waals surface area (Å²) < 4.78 is 38.9. The first kappa shape index (κ1) is 17.6. The lowest BCUT2D eigenvalue weighted by atomic mass is 9.92. The van der Waals surface area contributed by atoms with Crippen molar-refractivity contribution in [1.82, 2.24) is 15.2 Å². The largest absolute Gasteiger partial charge is 0.416 e. The van der Waals surface area contributed by atoms with E-state index in [0.29, 0.717) is 18.9 Å². The summed E-state index contributed by atoms with van der Waals surface area (Å²) in [6.45, 7) is 2.00. The molecule has 4 aliphatic rings. The lowest BCUT2D eigenvalue weighted by Crippen LogP contribution is -2.57. The van der Waals surface area contributed by atoms with Crippen LogP contribution in [0.1, 0.15) is 42.9 Å². The van der Waals surface area contributed by atoms with Crippen molar-refractivity contribution in [2.24, 2.45) is 10.1 Å². The first-order valence-electron chi connectivity index (χ1n) is 9.71. The normalized spacial score (nSPS) is 28.1. The second kappa shape index (κ2) is 6.25. The summed E-state index contributed by atoms with van der Waals surface area (Å²) in [6, 6.07) is 4.48. The summed E-state index contributed by atoms with van der Waals surface area (Å²) in [7, 11) is 0. The van der Waals surface area contributed by atoms with Crippen LogP contribution in [0, 0.1) is 0 Å². The number of nitrogens with one attached hydrogen (secondary N) is 1. The zero-order valence-corrected chi connectivity index (χ0v) is 15.6. The summed E-state index contributed by atoms with van der Waals surface area (Å²) in [6.07, 6.45) is 4.25. The van der Waals surface area contributed by atoms with E-state index in [1.54, 1.807) is 6.07 Å². The molecule has 2 heterocycles. The van der Waals surface area contributed by atoms with Crippen molar-refractivity contribution in [2.45, 2.75) is 63.6 Å². The maximum absolute atomic E-state index is 13.0. The van der Waals surface area contributed by atoms with E-state index in [0.717, 1.165) is 22.7 Å². The molecule has 28 heavy (non-hydrogen) atoms. The lowest BCUT2D eigenvalue weighted by Gasteiger charge is -2.42. The van der Waals surface area contributed by atoms with Crippen molar-refractivity contribution >= 4 is 12.2 Å². The Morgan fingerprint density at radius 1 is 1.18 bits per heavy atom. The molecule has 1 aromatic rings.